The fourth-order valence-electron chi connectivity index (χ4n) is 1.27. The number of benzene rings is 1. The zero-order valence-electron chi connectivity index (χ0n) is 8.61. The normalized spacial score (nSPS) is 10.9. The summed E-state index contributed by atoms with van der Waals surface area (Å²) < 4.78 is 0. The Hall–Kier alpha value is -1.80. The lowest BCUT2D eigenvalue weighted by atomic mass is 10.0. The minimum absolute atomic E-state index is 0.161. The Balaban J connectivity index is 3.41. The van der Waals surface area contributed by atoms with Gasteiger partial charge in [0.2, 0.25) is 0 Å². The van der Waals surface area contributed by atoms with Gasteiger partial charge in [-0.3, -0.25) is 0 Å². The number of carboxylic acid groups (broad SMARTS) is 1. The number of halogens is 1. The first-order chi connectivity index (χ1) is 7.60. The number of carbonyl (C=O) groups is 1. The van der Waals surface area contributed by atoms with Gasteiger partial charge in [0.05, 0.1) is 5.56 Å². The summed E-state index contributed by atoms with van der Waals surface area (Å²) in [6.45, 7) is 7.14. The van der Waals surface area contributed by atoms with Gasteiger partial charge in [0.1, 0.15) is 0 Å². The van der Waals surface area contributed by atoms with Gasteiger partial charge >= 0.3 is 5.97 Å². The van der Waals surface area contributed by atoms with Gasteiger partial charge in [-0.05, 0) is 23.8 Å². The first kappa shape index (κ1) is 12.3. The van der Waals surface area contributed by atoms with E-state index in [0.29, 0.717) is 10.6 Å². The van der Waals surface area contributed by atoms with E-state index in [1.165, 1.54) is 12.1 Å². The van der Waals surface area contributed by atoms with Crippen LogP contribution in [0.3, 0.4) is 0 Å². The van der Waals surface area contributed by atoms with Crippen LogP contribution in [0.4, 0.5) is 0 Å². The molecule has 0 saturated carbocycles. The van der Waals surface area contributed by atoms with E-state index in [-0.39, 0.29) is 5.56 Å². The second kappa shape index (κ2) is 5.33. The second-order valence-corrected chi connectivity index (χ2v) is 3.47. The van der Waals surface area contributed by atoms with E-state index in [1.807, 2.05) is 0 Å². The molecule has 0 unspecified atom stereocenters. The Morgan fingerprint density at radius 3 is 2.50 bits per heavy atom. The molecule has 1 N–H and O–H groups in total. The molecular weight excluding hydrogens is 224 g/mol. The van der Waals surface area contributed by atoms with Crippen molar-refractivity contribution in [2.45, 2.75) is 0 Å². The smallest absolute Gasteiger partial charge is 0.336 e. The van der Waals surface area contributed by atoms with Gasteiger partial charge < -0.3 is 5.11 Å². The molecule has 0 amide bonds. The van der Waals surface area contributed by atoms with Crippen molar-refractivity contribution in [1.82, 2.24) is 0 Å². The van der Waals surface area contributed by atoms with E-state index in [4.69, 9.17) is 16.7 Å². The quantitative estimate of drug-likeness (QED) is 0.805. The predicted octanol–water partition coefficient (Wildman–Crippen LogP) is 3.79. The summed E-state index contributed by atoms with van der Waals surface area (Å²) in [5.74, 6) is -1.01. The first-order valence-electron chi connectivity index (χ1n) is 4.58. The maximum Gasteiger partial charge on any atom is 0.336 e. The first-order valence-corrected chi connectivity index (χ1v) is 4.96. The Bertz CT molecular complexity index is 473. The summed E-state index contributed by atoms with van der Waals surface area (Å²) in [6, 6.07) is 4.87. The Labute approximate surface area is 99.2 Å². The molecule has 0 aliphatic rings. The van der Waals surface area contributed by atoms with Crippen molar-refractivity contribution in [2.24, 2.45) is 0 Å². The van der Waals surface area contributed by atoms with Crippen LogP contribution in [0, 0.1) is 0 Å². The highest BCUT2D eigenvalue weighted by Crippen LogP contribution is 2.25. The van der Waals surface area contributed by atoms with Crippen molar-refractivity contribution in [3.8, 4) is 0 Å². The maximum atomic E-state index is 11.0. The van der Waals surface area contributed by atoms with Crippen LogP contribution in [0.25, 0.3) is 11.1 Å². The second-order valence-electron chi connectivity index (χ2n) is 3.06. The van der Waals surface area contributed by atoms with Crippen molar-refractivity contribution in [2.75, 3.05) is 0 Å². The van der Waals surface area contributed by atoms with Gasteiger partial charge in [0, 0.05) is 10.6 Å². The van der Waals surface area contributed by atoms with Crippen molar-refractivity contribution in [1.29, 1.82) is 0 Å². The molecular formula is C13H11ClO2. The third-order valence-electron chi connectivity index (χ3n) is 2.03. The lowest BCUT2D eigenvalue weighted by Crippen LogP contribution is -2.00. The van der Waals surface area contributed by atoms with Gasteiger partial charge in [-0.15, -0.1) is 0 Å². The van der Waals surface area contributed by atoms with E-state index in [1.54, 1.807) is 24.3 Å². The molecule has 0 fully saturated rings. The van der Waals surface area contributed by atoms with E-state index in [2.05, 4.69) is 13.2 Å². The number of aromatic carboxylic acids is 1. The van der Waals surface area contributed by atoms with Crippen LogP contribution >= 0.6 is 11.6 Å². The predicted molar refractivity (Wildman–Crippen MR) is 67.5 cm³/mol. The molecule has 1 aromatic carbocycles. The van der Waals surface area contributed by atoms with Gasteiger partial charge in [0.25, 0.3) is 0 Å². The Morgan fingerprint density at radius 1 is 1.31 bits per heavy atom. The number of rotatable bonds is 4. The van der Waals surface area contributed by atoms with E-state index in [0.717, 1.165) is 5.56 Å². The largest absolute Gasteiger partial charge is 0.478 e. The average molecular weight is 235 g/mol. The van der Waals surface area contributed by atoms with E-state index < -0.39 is 5.97 Å². The molecule has 1 rings (SSSR count). The SMILES string of the molecule is C=C/C=C(\Cl)c1cc(C=C)ccc1C(=O)O. The standard InChI is InChI=1S/C13H11ClO2/c1-3-5-12(14)11-8-9(4-2)6-7-10(11)13(15)16/h3-8H,1-2H2,(H,15,16)/b12-5-. The van der Waals surface area contributed by atoms with Crippen LogP contribution in [0.2, 0.25) is 0 Å². The third kappa shape index (κ3) is 2.61. The molecule has 0 aliphatic heterocycles. The molecule has 0 radical (unpaired) electrons. The fourth-order valence-corrected chi connectivity index (χ4v) is 1.51. The molecule has 0 aliphatic carbocycles. The van der Waals surface area contributed by atoms with Gasteiger partial charge in [-0.1, -0.05) is 43.0 Å². The monoisotopic (exact) mass is 234 g/mol. The van der Waals surface area contributed by atoms with Crippen LogP contribution < -0.4 is 0 Å². The van der Waals surface area contributed by atoms with Gasteiger partial charge in [-0.2, -0.15) is 0 Å². The van der Waals surface area contributed by atoms with Crippen LogP contribution in [0.15, 0.2) is 43.5 Å². The molecule has 3 heteroatoms. The summed E-state index contributed by atoms with van der Waals surface area (Å²) >= 11 is 5.98. The molecule has 0 saturated heterocycles. The summed E-state index contributed by atoms with van der Waals surface area (Å²) in [7, 11) is 0. The topological polar surface area (TPSA) is 37.3 Å². The van der Waals surface area contributed by atoms with Gasteiger partial charge in [0.15, 0.2) is 0 Å². The third-order valence-corrected chi connectivity index (χ3v) is 2.36. The zero-order valence-corrected chi connectivity index (χ0v) is 9.37. The van der Waals surface area contributed by atoms with Crippen LogP contribution in [0.1, 0.15) is 21.5 Å². The lowest BCUT2D eigenvalue weighted by molar-refractivity contribution is 0.0696. The van der Waals surface area contributed by atoms with Crippen molar-refractivity contribution < 1.29 is 9.90 Å². The molecule has 0 aromatic heterocycles. The lowest BCUT2D eigenvalue weighted by Gasteiger charge is -2.05. The summed E-state index contributed by atoms with van der Waals surface area (Å²) in [5.41, 5.74) is 1.44. The molecule has 16 heavy (non-hydrogen) atoms. The highest BCUT2D eigenvalue weighted by atomic mass is 35.5. The molecule has 0 spiro atoms. The van der Waals surface area contributed by atoms with Crippen LogP contribution in [-0.2, 0) is 0 Å². The van der Waals surface area contributed by atoms with Crippen LogP contribution in [0.5, 0.6) is 0 Å². The molecule has 82 valence electrons. The molecule has 0 heterocycles. The van der Waals surface area contributed by atoms with E-state index in [9.17, 15) is 4.79 Å². The number of carboxylic acids is 1. The van der Waals surface area contributed by atoms with E-state index >= 15 is 0 Å². The molecule has 1 aromatic rings. The number of hydrogen-bond acceptors (Lipinski definition) is 1. The Morgan fingerprint density at radius 2 is 2.00 bits per heavy atom. The number of allylic oxidation sites excluding steroid dienone is 2. The van der Waals surface area contributed by atoms with Crippen LogP contribution in [-0.4, -0.2) is 11.1 Å². The average Bonchev–Trinajstić information content (AvgIpc) is 2.28. The summed E-state index contributed by atoms with van der Waals surface area (Å²) in [5, 5.41) is 9.35. The fraction of sp³-hybridized carbons (Fsp3) is 0. The summed E-state index contributed by atoms with van der Waals surface area (Å²) in [4.78, 5) is 11.0. The minimum atomic E-state index is -1.01. The molecule has 0 bridgehead atoms. The maximum absolute atomic E-state index is 11.0. The zero-order chi connectivity index (χ0) is 12.1. The summed E-state index contributed by atoms with van der Waals surface area (Å²) in [6.07, 6.45) is 4.69. The molecule has 2 nitrogen and oxygen atoms in total. The highest BCUT2D eigenvalue weighted by molar-refractivity contribution is 6.49. The Kier molecular flexibility index (Phi) is 4.09. The van der Waals surface area contributed by atoms with Crippen molar-refractivity contribution >= 4 is 28.7 Å². The van der Waals surface area contributed by atoms with Crippen molar-refractivity contribution in [3.63, 3.8) is 0 Å². The van der Waals surface area contributed by atoms with Crippen molar-refractivity contribution in [3.05, 3.63) is 60.2 Å². The van der Waals surface area contributed by atoms with Gasteiger partial charge in [-0.25, -0.2) is 4.79 Å². The minimum Gasteiger partial charge on any atom is -0.478 e. The molecule has 0 atom stereocenters. The highest BCUT2D eigenvalue weighted by Gasteiger charge is 2.12. The number of hydrogen-bond donors (Lipinski definition) is 1.